The van der Waals surface area contributed by atoms with Gasteiger partial charge in [-0.05, 0) is 38.1 Å². The van der Waals surface area contributed by atoms with Gasteiger partial charge in [0.15, 0.2) is 16.7 Å². The summed E-state index contributed by atoms with van der Waals surface area (Å²) in [6.45, 7) is 3.49. The number of hydrogen-bond donors (Lipinski definition) is 1. The molecule has 1 N–H and O–H groups in total. The third-order valence-electron chi connectivity index (χ3n) is 4.90. The minimum absolute atomic E-state index is 0.256. The number of nitrogens with one attached hydrogen (secondary N) is 1. The van der Waals surface area contributed by atoms with Crippen molar-refractivity contribution >= 4 is 34.5 Å². The van der Waals surface area contributed by atoms with Gasteiger partial charge in [0.1, 0.15) is 0 Å². The average Bonchev–Trinajstić information content (AvgIpc) is 3.23. The quantitative estimate of drug-likeness (QED) is 0.323. The summed E-state index contributed by atoms with van der Waals surface area (Å²) in [7, 11) is 3.06. The minimum Gasteiger partial charge on any atom is -0.493 e. The molecule has 10 heteroatoms. The number of hydrogen-bond acceptors (Lipinski definition) is 8. The van der Waals surface area contributed by atoms with Crippen LogP contribution in [-0.2, 0) is 4.79 Å². The molecule has 4 aromatic rings. The molecule has 2 aromatic carbocycles. The second-order valence-corrected chi connectivity index (χ2v) is 8.48. The van der Waals surface area contributed by atoms with Crippen LogP contribution in [0.3, 0.4) is 0 Å². The topological polar surface area (TPSA) is 108 Å². The highest BCUT2D eigenvalue weighted by atomic mass is 32.2. The summed E-state index contributed by atoms with van der Waals surface area (Å²) >= 11 is 1.16. The average molecular weight is 467 g/mol. The number of para-hydroxylation sites is 1. The third kappa shape index (κ3) is 4.56. The molecule has 0 saturated carbocycles. The van der Waals surface area contributed by atoms with Gasteiger partial charge in [-0.3, -0.25) is 19.5 Å². The molecule has 170 valence electrons. The van der Waals surface area contributed by atoms with E-state index in [1.54, 1.807) is 63.4 Å². The van der Waals surface area contributed by atoms with Crippen molar-refractivity contribution in [3.8, 4) is 17.2 Å². The van der Waals surface area contributed by atoms with Crippen molar-refractivity contribution in [1.29, 1.82) is 0 Å². The molecule has 0 spiro atoms. The maximum atomic E-state index is 13.5. The Balaban J connectivity index is 1.77. The summed E-state index contributed by atoms with van der Waals surface area (Å²) in [6.07, 6.45) is 0. The molecule has 0 saturated heterocycles. The maximum absolute atomic E-state index is 13.5. The van der Waals surface area contributed by atoms with Crippen molar-refractivity contribution in [3.63, 3.8) is 0 Å². The molecular weight excluding hydrogens is 444 g/mol. The molecule has 0 unspecified atom stereocenters. The zero-order valence-corrected chi connectivity index (χ0v) is 19.3. The zero-order chi connectivity index (χ0) is 23.5. The van der Waals surface area contributed by atoms with Crippen molar-refractivity contribution in [2.45, 2.75) is 24.3 Å². The molecule has 1 amide bonds. The summed E-state index contributed by atoms with van der Waals surface area (Å²) in [6, 6.07) is 13.9. The van der Waals surface area contributed by atoms with Crippen LogP contribution in [-0.4, -0.2) is 40.1 Å². The lowest BCUT2D eigenvalue weighted by atomic mass is 10.2. The van der Waals surface area contributed by atoms with E-state index in [0.717, 1.165) is 11.8 Å². The van der Waals surface area contributed by atoms with Gasteiger partial charge in [0.05, 0.1) is 41.8 Å². The maximum Gasteiger partial charge on any atom is 0.266 e. The Kier molecular flexibility index (Phi) is 6.36. The molecule has 4 rings (SSSR count). The summed E-state index contributed by atoms with van der Waals surface area (Å²) in [5, 5.41) is 6.69. The van der Waals surface area contributed by atoms with Crippen LogP contribution in [0, 0.1) is 6.92 Å². The standard InChI is InChI=1S/C23H22N4O5S/c1-13-11-20(32-26-13)25-21(28)14(2)33-23-24-17-8-6-5-7-16(17)22(29)27(23)15-9-10-18(30-3)19(12-15)31-4/h5-12,14H,1-4H3,(H,25,28)/t14-/m0/s1. The molecule has 0 radical (unpaired) electrons. The van der Waals surface area contributed by atoms with Gasteiger partial charge in [-0.1, -0.05) is 29.1 Å². The van der Waals surface area contributed by atoms with Crippen molar-refractivity contribution in [3.05, 3.63) is 64.6 Å². The van der Waals surface area contributed by atoms with Gasteiger partial charge in [-0.2, -0.15) is 0 Å². The number of anilines is 1. The number of aromatic nitrogens is 3. The molecule has 0 bridgehead atoms. The van der Waals surface area contributed by atoms with Crippen molar-refractivity contribution in [2.24, 2.45) is 0 Å². The Morgan fingerprint density at radius 2 is 1.88 bits per heavy atom. The fraction of sp³-hybridized carbons (Fsp3) is 0.217. The first-order valence-corrected chi connectivity index (χ1v) is 10.9. The Bertz CT molecular complexity index is 1380. The van der Waals surface area contributed by atoms with E-state index in [1.807, 2.05) is 6.07 Å². The number of benzene rings is 2. The van der Waals surface area contributed by atoms with E-state index in [0.29, 0.717) is 38.9 Å². The number of methoxy groups -OCH3 is 2. The van der Waals surface area contributed by atoms with Crippen LogP contribution in [0.2, 0.25) is 0 Å². The van der Waals surface area contributed by atoms with Crippen LogP contribution in [0.25, 0.3) is 16.6 Å². The third-order valence-corrected chi connectivity index (χ3v) is 5.95. The highest BCUT2D eigenvalue weighted by Gasteiger charge is 2.22. The second kappa shape index (κ2) is 9.37. The highest BCUT2D eigenvalue weighted by Crippen LogP contribution is 2.31. The Morgan fingerprint density at radius 3 is 2.58 bits per heavy atom. The molecule has 9 nitrogen and oxygen atoms in total. The van der Waals surface area contributed by atoms with Crippen LogP contribution in [0.4, 0.5) is 5.88 Å². The summed E-state index contributed by atoms with van der Waals surface area (Å²) in [4.78, 5) is 30.9. The fourth-order valence-electron chi connectivity index (χ4n) is 3.24. The second-order valence-electron chi connectivity index (χ2n) is 7.17. The molecule has 0 aliphatic rings. The minimum atomic E-state index is -0.588. The van der Waals surface area contributed by atoms with E-state index in [-0.39, 0.29) is 17.4 Å². The fourth-order valence-corrected chi connectivity index (χ4v) is 4.17. The van der Waals surface area contributed by atoms with E-state index in [2.05, 4.69) is 15.5 Å². The number of nitrogens with zero attached hydrogens (tertiary/aromatic N) is 3. The van der Waals surface area contributed by atoms with Crippen molar-refractivity contribution in [2.75, 3.05) is 19.5 Å². The first kappa shape index (κ1) is 22.4. The van der Waals surface area contributed by atoms with Crippen molar-refractivity contribution < 1.29 is 18.8 Å². The predicted molar refractivity (Wildman–Crippen MR) is 126 cm³/mol. The SMILES string of the molecule is COc1ccc(-n2c(S[C@@H](C)C(=O)Nc3cc(C)no3)nc3ccccc3c2=O)cc1OC. The largest absolute Gasteiger partial charge is 0.493 e. The van der Waals surface area contributed by atoms with E-state index in [1.165, 1.54) is 11.7 Å². The van der Waals surface area contributed by atoms with Gasteiger partial charge in [-0.15, -0.1) is 0 Å². The molecular formula is C23H22N4O5S. The monoisotopic (exact) mass is 466 g/mol. The van der Waals surface area contributed by atoms with E-state index >= 15 is 0 Å². The van der Waals surface area contributed by atoms with Crippen LogP contribution in [0.5, 0.6) is 11.5 Å². The molecule has 2 heterocycles. The summed E-state index contributed by atoms with van der Waals surface area (Å²) in [5.74, 6) is 0.955. The van der Waals surface area contributed by atoms with Gasteiger partial charge in [-0.25, -0.2) is 4.98 Å². The zero-order valence-electron chi connectivity index (χ0n) is 18.5. The molecule has 33 heavy (non-hydrogen) atoms. The summed E-state index contributed by atoms with van der Waals surface area (Å²) in [5.41, 5.74) is 1.48. The van der Waals surface area contributed by atoms with Crippen LogP contribution in [0.1, 0.15) is 12.6 Å². The van der Waals surface area contributed by atoms with Gasteiger partial charge in [0.25, 0.3) is 5.56 Å². The molecule has 1 atom stereocenters. The number of fused-ring (bicyclic) bond motifs is 1. The van der Waals surface area contributed by atoms with Crippen LogP contribution < -0.4 is 20.3 Å². The first-order chi connectivity index (χ1) is 15.9. The van der Waals surface area contributed by atoms with E-state index in [9.17, 15) is 9.59 Å². The van der Waals surface area contributed by atoms with E-state index in [4.69, 9.17) is 14.0 Å². The van der Waals surface area contributed by atoms with E-state index < -0.39 is 5.25 Å². The molecule has 2 aromatic heterocycles. The predicted octanol–water partition coefficient (Wildman–Crippen LogP) is 3.82. The number of aryl methyl sites for hydroxylation is 1. The van der Waals surface area contributed by atoms with Gasteiger partial charge in [0, 0.05) is 12.1 Å². The number of carbonyl (C=O) groups is 1. The smallest absolute Gasteiger partial charge is 0.266 e. The number of thioether (sulfide) groups is 1. The van der Waals surface area contributed by atoms with Crippen molar-refractivity contribution in [1.82, 2.24) is 14.7 Å². The number of rotatable bonds is 7. The lowest BCUT2D eigenvalue weighted by molar-refractivity contribution is -0.115. The number of amides is 1. The van der Waals surface area contributed by atoms with Gasteiger partial charge in [0.2, 0.25) is 11.8 Å². The molecule has 0 fully saturated rings. The Labute approximate surface area is 193 Å². The highest BCUT2D eigenvalue weighted by molar-refractivity contribution is 8.00. The molecule has 0 aliphatic carbocycles. The Hall–Kier alpha value is -3.79. The normalized spacial score (nSPS) is 11.9. The summed E-state index contributed by atoms with van der Waals surface area (Å²) < 4.78 is 17.3. The first-order valence-electron chi connectivity index (χ1n) is 10.1. The Morgan fingerprint density at radius 1 is 1.12 bits per heavy atom. The van der Waals surface area contributed by atoms with Crippen LogP contribution >= 0.6 is 11.8 Å². The van der Waals surface area contributed by atoms with Gasteiger partial charge >= 0.3 is 0 Å². The molecule has 0 aliphatic heterocycles. The number of carbonyl (C=O) groups excluding carboxylic acids is 1. The lowest BCUT2D eigenvalue weighted by Gasteiger charge is -2.17. The van der Waals surface area contributed by atoms with Crippen LogP contribution in [0.15, 0.2) is 63.0 Å². The number of ether oxygens (including phenoxy) is 2. The lowest BCUT2D eigenvalue weighted by Crippen LogP contribution is -2.26. The van der Waals surface area contributed by atoms with Gasteiger partial charge < -0.3 is 14.0 Å².